The Labute approximate surface area is 426 Å². The van der Waals surface area contributed by atoms with Crippen molar-refractivity contribution in [1.29, 1.82) is 0 Å². The summed E-state index contributed by atoms with van der Waals surface area (Å²) < 4.78 is 53.8. The summed E-state index contributed by atoms with van der Waals surface area (Å²) in [7, 11) is 0. The summed E-state index contributed by atoms with van der Waals surface area (Å²) in [6, 6.07) is 39.9. The molecule has 6 rings (SSSR count). The molecule has 0 spiro atoms. The molecule has 4 aromatic rings. The molecule has 0 aromatic heterocycles. The van der Waals surface area contributed by atoms with Crippen LogP contribution in [0.2, 0.25) is 0 Å². The number of amides is 1. The number of hydrogen-bond acceptors (Lipinski definition) is 9. The van der Waals surface area contributed by atoms with Gasteiger partial charge in [0.1, 0.15) is 42.2 Å². The van der Waals surface area contributed by atoms with Gasteiger partial charge in [-0.2, -0.15) is 0 Å². The second kappa shape index (κ2) is 30.0. The van der Waals surface area contributed by atoms with Gasteiger partial charge < -0.3 is 43.2 Å². The number of rotatable bonds is 30. The Hall–Kier alpha value is -4.39. The monoisotopic (exact) mass is 976 g/mol. The number of carbonyl (C=O) groups is 1. The van der Waals surface area contributed by atoms with Crippen molar-refractivity contribution in [3.8, 4) is 0 Å². The van der Waals surface area contributed by atoms with Crippen LogP contribution in [0.3, 0.4) is 0 Å². The lowest BCUT2D eigenvalue weighted by molar-refractivity contribution is -0.263. The van der Waals surface area contributed by atoms with Gasteiger partial charge in [0.2, 0.25) is 0 Å². The van der Waals surface area contributed by atoms with Crippen LogP contribution in [0.1, 0.15) is 147 Å². The molecule has 2 fully saturated rings. The lowest BCUT2D eigenvalue weighted by atomic mass is 9.92. The summed E-state index contributed by atoms with van der Waals surface area (Å²) in [5.41, 5.74) is 3.40. The van der Waals surface area contributed by atoms with Gasteiger partial charge in [0.05, 0.1) is 45.2 Å². The lowest BCUT2D eigenvalue weighted by Gasteiger charge is -2.45. The predicted molar refractivity (Wildman–Crippen MR) is 282 cm³/mol. The molecule has 10 nitrogen and oxygen atoms in total. The van der Waals surface area contributed by atoms with Crippen molar-refractivity contribution in [3.05, 3.63) is 156 Å². The van der Waals surface area contributed by atoms with Crippen molar-refractivity contribution in [2.75, 3.05) is 6.61 Å². The van der Waals surface area contributed by atoms with Crippen LogP contribution in [-0.2, 0) is 64.3 Å². The van der Waals surface area contributed by atoms with Gasteiger partial charge in [0.25, 0.3) is 0 Å². The molecule has 8 atom stereocenters. The second-order valence-electron chi connectivity index (χ2n) is 20.8. The van der Waals surface area contributed by atoms with E-state index in [1.165, 1.54) is 64.2 Å². The fourth-order valence-electron chi connectivity index (χ4n) is 9.47. The Morgan fingerprint density at radius 3 is 1.54 bits per heavy atom. The average Bonchev–Trinajstić information content (AvgIpc) is 3.68. The van der Waals surface area contributed by atoms with Crippen molar-refractivity contribution in [2.24, 2.45) is 0 Å². The summed E-state index contributed by atoms with van der Waals surface area (Å²) in [5.74, 6) is -0.863. The maximum Gasteiger partial charge on any atom is 0.408 e. The lowest BCUT2D eigenvalue weighted by Crippen LogP contribution is -2.60. The molecule has 0 aliphatic carbocycles. The number of unbranched alkanes of at least 4 members (excludes halogenated alkanes) is 11. The third-order valence-electron chi connectivity index (χ3n) is 13.0. The maximum absolute atomic E-state index is 13.8. The third-order valence-corrected chi connectivity index (χ3v) is 13.0. The van der Waals surface area contributed by atoms with E-state index in [1.807, 2.05) is 120 Å². The number of ether oxygens (including phenoxy) is 8. The molecular formula is C61H85NO9. The van der Waals surface area contributed by atoms with Crippen LogP contribution < -0.4 is 5.32 Å². The molecule has 2 saturated heterocycles. The average molecular weight is 976 g/mol. The zero-order chi connectivity index (χ0) is 50.2. The molecule has 2 heterocycles. The summed E-state index contributed by atoms with van der Waals surface area (Å²) in [6.07, 6.45) is 15.6. The Bertz CT molecular complexity index is 2060. The SMILES string of the molecule is CCCCCCCCCCCCCC[C@H]1OC(C)(C)O[C@H]1[C@H](/C=C/[C@@H]1OC(COCc2ccccc2)[C@H](OCc2ccccc2)[C@H](OCc2ccccc2)C1OCc1ccccc1)NC(=O)OC(C)(C)C. The molecule has 1 amide bonds. The fraction of sp³-hybridized carbons (Fsp3) is 0.557. The molecule has 1 N–H and O–H groups in total. The molecule has 0 saturated carbocycles. The Balaban J connectivity index is 1.28. The molecular weight excluding hydrogens is 891 g/mol. The van der Waals surface area contributed by atoms with E-state index in [-0.39, 0.29) is 12.7 Å². The van der Waals surface area contributed by atoms with Crippen molar-refractivity contribution in [2.45, 2.75) is 212 Å². The number of hydrogen-bond donors (Lipinski definition) is 1. The zero-order valence-electron chi connectivity index (χ0n) is 43.7. The molecule has 0 radical (unpaired) electrons. The molecule has 4 aromatic carbocycles. The zero-order valence-corrected chi connectivity index (χ0v) is 43.7. The van der Waals surface area contributed by atoms with E-state index in [0.717, 1.165) is 41.5 Å². The quantitative estimate of drug-likeness (QED) is 0.0404. The van der Waals surface area contributed by atoms with E-state index >= 15 is 0 Å². The summed E-state index contributed by atoms with van der Waals surface area (Å²) in [5, 5.41) is 3.18. The summed E-state index contributed by atoms with van der Waals surface area (Å²) in [6.45, 7) is 13.3. The molecule has 0 bridgehead atoms. The number of nitrogens with one attached hydrogen (secondary N) is 1. The van der Waals surface area contributed by atoms with Gasteiger partial charge in [-0.3, -0.25) is 0 Å². The van der Waals surface area contributed by atoms with Gasteiger partial charge >= 0.3 is 6.09 Å². The number of benzene rings is 4. The van der Waals surface area contributed by atoms with Crippen LogP contribution in [0.5, 0.6) is 0 Å². The van der Waals surface area contributed by atoms with Crippen LogP contribution in [0.4, 0.5) is 4.79 Å². The molecule has 2 unspecified atom stereocenters. The second-order valence-corrected chi connectivity index (χ2v) is 20.8. The normalized spacial score (nSPS) is 22.6. The highest BCUT2D eigenvalue weighted by Crippen LogP contribution is 2.35. The highest BCUT2D eigenvalue weighted by molar-refractivity contribution is 5.68. The number of carbonyl (C=O) groups excluding carboxylic acids is 1. The predicted octanol–water partition coefficient (Wildman–Crippen LogP) is 13.8. The topological polar surface area (TPSA) is 103 Å². The highest BCUT2D eigenvalue weighted by atomic mass is 16.8. The largest absolute Gasteiger partial charge is 0.444 e. The van der Waals surface area contributed by atoms with Crippen LogP contribution in [0.25, 0.3) is 0 Å². The first kappa shape index (κ1) is 55.9. The maximum atomic E-state index is 13.8. The minimum Gasteiger partial charge on any atom is -0.444 e. The van der Waals surface area contributed by atoms with Gasteiger partial charge in [-0.15, -0.1) is 0 Å². The van der Waals surface area contributed by atoms with E-state index in [2.05, 4.69) is 60.8 Å². The van der Waals surface area contributed by atoms with E-state index in [1.54, 1.807) is 0 Å². The van der Waals surface area contributed by atoms with Gasteiger partial charge in [-0.05, 0) is 63.3 Å². The highest BCUT2D eigenvalue weighted by Gasteiger charge is 2.49. The van der Waals surface area contributed by atoms with Crippen molar-refractivity contribution in [1.82, 2.24) is 5.32 Å². The molecule has 2 aliphatic rings. The summed E-state index contributed by atoms with van der Waals surface area (Å²) >= 11 is 0. The van der Waals surface area contributed by atoms with Crippen molar-refractivity contribution < 1.29 is 42.7 Å². The van der Waals surface area contributed by atoms with Crippen molar-refractivity contribution >= 4 is 6.09 Å². The fourth-order valence-corrected chi connectivity index (χ4v) is 9.47. The first-order chi connectivity index (χ1) is 34.5. The Kier molecular flexibility index (Phi) is 23.6. The number of alkyl carbamates (subject to hydrolysis) is 1. The smallest absolute Gasteiger partial charge is 0.408 e. The van der Waals surface area contributed by atoms with Gasteiger partial charge in [0.15, 0.2) is 5.79 Å². The first-order valence-corrected chi connectivity index (χ1v) is 26.7. The van der Waals surface area contributed by atoms with Gasteiger partial charge in [-0.1, -0.05) is 217 Å². The molecule has 388 valence electrons. The Morgan fingerprint density at radius 1 is 0.592 bits per heavy atom. The minimum atomic E-state index is -0.863. The first-order valence-electron chi connectivity index (χ1n) is 26.7. The van der Waals surface area contributed by atoms with Gasteiger partial charge in [0, 0.05) is 0 Å². The summed E-state index contributed by atoms with van der Waals surface area (Å²) in [4.78, 5) is 13.8. The van der Waals surface area contributed by atoms with Crippen LogP contribution >= 0.6 is 0 Å². The van der Waals surface area contributed by atoms with E-state index in [9.17, 15) is 4.79 Å². The van der Waals surface area contributed by atoms with Crippen LogP contribution in [0.15, 0.2) is 133 Å². The van der Waals surface area contributed by atoms with E-state index in [0.29, 0.717) is 26.4 Å². The van der Waals surface area contributed by atoms with Gasteiger partial charge in [-0.25, -0.2) is 4.79 Å². The minimum absolute atomic E-state index is 0.226. The van der Waals surface area contributed by atoms with Crippen molar-refractivity contribution in [3.63, 3.8) is 0 Å². The third kappa shape index (κ3) is 20.2. The van der Waals surface area contributed by atoms with Crippen LogP contribution in [0, 0.1) is 0 Å². The standard InChI is InChI=1S/C61H85NO9/c1-7-8-9-10-11-12-13-14-15-16-17-30-39-53-55(70-61(5,6)69-53)51(62-59(63)71-60(2,3)4)40-41-52-56(65-43-48-33-24-19-25-34-48)58(67-45-50-37-28-21-29-38-50)57(66-44-49-35-26-20-27-36-49)54(68-52)46-64-42-47-31-22-18-23-32-47/h18-29,31-38,40-41,51-58H,7-17,30,39,42-46H2,1-6H3,(H,62,63)/b41-40+/t51-,52-,53+,54?,55-,56?,57-,58+/m0/s1. The molecule has 71 heavy (non-hydrogen) atoms. The molecule has 2 aliphatic heterocycles. The van der Waals surface area contributed by atoms with E-state index < -0.39 is 60.1 Å². The Morgan fingerprint density at radius 2 is 1.04 bits per heavy atom. The van der Waals surface area contributed by atoms with E-state index in [4.69, 9.17) is 37.9 Å². The molecule has 10 heteroatoms. The van der Waals surface area contributed by atoms with Crippen LogP contribution in [-0.4, -0.2) is 72.9 Å².